The zero-order chi connectivity index (χ0) is 19.8. The Bertz CT molecular complexity index is 967. The fraction of sp³-hybridized carbons (Fsp3) is 0.375. The second kappa shape index (κ2) is 7.86. The fourth-order valence-corrected chi connectivity index (χ4v) is 5.71. The van der Waals surface area contributed by atoms with Crippen molar-refractivity contribution in [2.24, 2.45) is 28.7 Å². The lowest BCUT2D eigenvalue weighted by atomic mass is 9.75. The number of pyridine rings is 1. The minimum Gasteiger partial charge on any atom is -0.352 e. The second-order valence-corrected chi connectivity index (χ2v) is 9.34. The van der Waals surface area contributed by atoms with Gasteiger partial charge in [-0.15, -0.1) is 0 Å². The summed E-state index contributed by atoms with van der Waals surface area (Å²) in [6.07, 6.45) is 10.0. The van der Waals surface area contributed by atoms with Crippen LogP contribution in [-0.4, -0.2) is 16.6 Å². The highest BCUT2D eigenvalue weighted by atomic mass is 79.9. The molecule has 1 amide bonds. The van der Waals surface area contributed by atoms with Gasteiger partial charge in [0, 0.05) is 53.6 Å². The summed E-state index contributed by atoms with van der Waals surface area (Å²) in [4.78, 5) is 22.1. The normalized spacial score (nSPS) is 27.6. The highest BCUT2D eigenvalue weighted by Gasteiger charge is 2.52. The number of carbonyl (C=O) groups is 1. The molecule has 2 aromatic rings. The Kier molecular flexibility index (Phi) is 5.08. The summed E-state index contributed by atoms with van der Waals surface area (Å²) in [6.45, 7) is 0.544. The van der Waals surface area contributed by atoms with Gasteiger partial charge in [0.1, 0.15) is 0 Å². The van der Waals surface area contributed by atoms with Crippen LogP contribution in [0.1, 0.15) is 36.8 Å². The molecule has 2 unspecified atom stereocenters. The van der Waals surface area contributed by atoms with Gasteiger partial charge in [-0.3, -0.25) is 14.8 Å². The van der Waals surface area contributed by atoms with Gasteiger partial charge in [0.15, 0.2) is 0 Å². The first-order valence-electron chi connectivity index (χ1n) is 10.4. The molecule has 2 heterocycles. The highest BCUT2D eigenvalue weighted by molar-refractivity contribution is 9.10. The van der Waals surface area contributed by atoms with Gasteiger partial charge in [0.05, 0.1) is 0 Å². The predicted molar refractivity (Wildman–Crippen MR) is 118 cm³/mol. The van der Waals surface area contributed by atoms with Crippen molar-refractivity contribution < 1.29 is 4.79 Å². The highest BCUT2D eigenvalue weighted by Crippen LogP contribution is 2.54. The Morgan fingerprint density at radius 3 is 2.76 bits per heavy atom. The molecule has 4 nitrogen and oxygen atoms in total. The molecule has 3 aliphatic rings. The van der Waals surface area contributed by atoms with Gasteiger partial charge in [0.2, 0.25) is 5.91 Å². The third-order valence-corrected chi connectivity index (χ3v) is 7.29. The number of nitrogens with one attached hydrogen (secondary N) is 1. The molecule has 5 heteroatoms. The number of nitrogens with zero attached hydrogens (tertiary/aromatic N) is 2. The van der Waals surface area contributed by atoms with Gasteiger partial charge >= 0.3 is 0 Å². The first kappa shape index (κ1) is 18.7. The summed E-state index contributed by atoms with van der Waals surface area (Å²) >= 11 is 3.50. The predicted octanol–water partition coefficient (Wildman–Crippen LogP) is 5.01. The number of halogens is 1. The molecule has 2 bridgehead atoms. The first-order valence-corrected chi connectivity index (χ1v) is 11.2. The molecule has 2 fully saturated rings. The maximum Gasteiger partial charge on any atom is 0.224 e. The number of hydrogen-bond acceptors (Lipinski definition) is 3. The standard InChI is InChI=1S/C24H24BrN3O/c25-20-7-5-16(6-8-20)19-11-21(27-14-19)22-17-3-4-18(10-17)23(22)24(29)28-13-15-2-1-9-26-12-15/h1-2,5-9,12,14,17-18,22-23H,3-4,10-11,13H2,(H,28,29)/t17?,18?,22-,23+/m1/s1. The van der Waals surface area contributed by atoms with Crippen molar-refractivity contribution in [3.63, 3.8) is 0 Å². The minimum atomic E-state index is 0.0573. The van der Waals surface area contributed by atoms with Crippen LogP contribution in [0, 0.1) is 23.7 Å². The molecule has 0 saturated heterocycles. The third kappa shape index (κ3) is 3.68. The number of fused-ring (bicyclic) bond motifs is 2. The van der Waals surface area contributed by atoms with Crippen LogP contribution in [0.4, 0.5) is 0 Å². The molecule has 5 rings (SSSR count). The van der Waals surface area contributed by atoms with Crippen molar-refractivity contribution >= 4 is 33.1 Å². The lowest BCUT2D eigenvalue weighted by Crippen LogP contribution is -2.40. The van der Waals surface area contributed by atoms with Gasteiger partial charge in [-0.2, -0.15) is 0 Å². The van der Waals surface area contributed by atoms with Crippen molar-refractivity contribution in [1.29, 1.82) is 0 Å². The fourth-order valence-electron chi connectivity index (χ4n) is 5.45. The van der Waals surface area contributed by atoms with E-state index in [0.29, 0.717) is 18.4 Å². The van der Waals surface area contributed by atoms with E-state index >= 15 is 0 Å². The number of carbonyl (C=O) groups excluding carboxylic acids is 1. The Morgan fingerprint density at radius 1 is 1.14 bits per heavy atom. The summed E-state index contributed by atoms with van der Waals surface area (Å²) in [5, 5.41) is 3.17. The number of amides is 1. The van der Waals surface area contributed by atoms with E-state index < -0.39 is 0 Å². The third-order valence-electron chi connectivity index (χ3n) is 6.77. The van der Waals surface area contributed by atoms with Crippen LogP contribution in [0.2, 0.25) is 0 Å². The largest absolute Gasteiger partial charge is 0.352 e. The van der Waals surface area contributed by atoms with E-state index in [-0.39, 0.29) is 17.7 Å². The van der Waals surface area contributed by atoms with E-state index in [1.165, 1.54) is 36.1 Å². The first-order chi connectivity index (χ1) is 14.2. The van der Waals surface area contributed by atoms with Crippen LogP contribution >= 0.6 is 15.9 Å². The van der Waals surface area contributed by atoms with Crippen LogP contribution in [0.5, 0.6) is 0 Å². The second-order valence-electron chi connectivity index (χ2n) is 8.42. The molecular weight excluding hydrogens is 426 g/mol. The van der Waals surface area contributed by atoms with Crippen LogP contribution in [0.25, 0.3) is 5.57 Å². The lowest BCUT2D eigenvalue weighted by Gasteiger charge is -2.30. The summed E-state index contributed by atoms with van der Waals surface area (Å²) in [5.41, 5.74) is 4.71. The van der Waals surface area contributed by atoms with Crippen LogP contribution < -0.4 is 5.32 Å². The molecule has 0 radical (unpaired) electrons. The average Bonchev–Trinajstić information content (AvgIpc) is 3.49. The van der Waals surface area contributed by atoms with E-state index in [2.05, 4.69) is 50.5 Å². The molecule has 1 aliphatic heterocycles. The molecule has 4 atom stereocenters. The Morgan fingerprint density at radius 2 is 1.97 bits per heavy atom. The van der Waals surface area contributed by atoms with Crippen molar-refractivity contribution in [1.82, 2.24) is 10.3 Å². The smallest absolute Gasteiger partial charge is 0.224 e. The van der Waals surface area contributed by atoms with Gasteiger partial charge in [-0.05, 0) is 66.0 Å². The summed E-state index contributed by atoms with van der Waals surface area (Å²) < 4.78 is 1.08. The molecule has 2 aliphatic carbocycles. The van der Waals surface area contributed by atoms with Crippen LogP contribution in [0.3, 0.4) is 0 Å². The molecule has 2 saturated carbocycles. The van der Waals surface area contributed by atoms with Gasteiger partial charge < -0.3 is 5.32 Å². The number of aromatic nitrogens is 1. The van der Waals surface area contributed by atoms with Crippen molar-refractivity contribution in [2.75, 3.05) is 0 Å². The number of aliphatic imine (C=N–C) groups is 1. The lowest BCUT2D eigenvalue weighted by molar-refractivity contribution is -0.127. The Balaban J connectivity index is 1.29. The summed E-state index contributed by atoms with van der Waals surface area (Å²) in [7, 11) is 0. The van der Waals surface area contributed by atoms with Crippen molar-refractivity contribution in [3.8, 4) is 0 Å². The van der Waals surface area contributed by atoms with Crippen molar-refractivity contribution in [3.05, 3.63) is 70.6 Å². The molecule has 1 N–H and O–H groups in total. The number of hydrogen-bond donors (Lipinski definition) is 1. The van der Waals surface area contributed by atoms with E-state index in [1.807, 2.05) is 24.5 Å². The molecule has 148 valence electrons. The zero-order valence-electron chi connectivity index (χ0n) is 16.2. The summed E-state index contributed by atoms with van der Waals surface area (Å²) in [5.74, 6) is 1.63. The maximum atomic E-state index is 13.2. The maximum absolute atomic E-state index is 13.2. The molecule has 0 spiro atoms. The monoisotopic (exact) mass is 449 g/mol. The zero-order valence-corrected chi connectivity index (χ0v) is 17.8. The number of allylic oxidation sites excluding steroid dienone is 1. The van der Waals surface area contributed by atoms with Gasteiger partial charge in [-0.1, -0.05) is 34.1 Å². The Hall–Kier alpha value is -2.27. The van der Waals surface area contributed by atoms with E-state index in [9.17, 15) is 4.79 Å². The molecule has 29 heavy (non-hydrogen) atoms. The number of rotatable bonds is 5. The topological polar surface area (TPSA) is 54.4 Å². The van der Waals surface area contributed by atoms with Crippen molar-refractivity contribution in [2.45, 2.75) is 32.2 Å². The van der Waals surface area contributed by atoms with E-state index in [4.69, 9.17) is 4.99 Å². The Labute approximate surface area is 179 Å². The van der Waals surface area contributed by atoms with Gasteiger partial charge in [0.25, 0.3) is 0 Å². The summed E-state index contributed by atoms with van der Waals surface area (Å²) in [6, 6.07) is 12.3. The molecule has 1 aromatic carbocycles. The quantitative estimate of drug-likeness (QED) is 0.697. The average molecular weight is 450 g/mol. The SMILES string of the molecule is O=C(NCc1cccnc1)[C@H]1C2CCC(C2)[C@@H]1C1=NC=C(c2ccc(Br)cc2)C1. The molecule has 1 aromatic heterocycles. The molecular formula is C24H24BrN3O. The van der Waals surface area contributed by atoms with E-state index in [0.717, 1.165) is 16.5 Å². The van der Waals surface area contributed by atoms with E-state index in [1.54, 1.807) is 6.20 Å². The minimum absolute atomic E-state index is 0.0573. The van der Waals surface area contributed by atoms with Gasteiger partial charge in [-0.25, -0.2) is 0 Å². The van der Waals surface area contributed by atoms with Crippen LogP contribution in [0.15, 0.2) is 64.5 Å². The number of benzene rings is 1. The van der Waals surface area contributed by atoms with Crippen LogP contribution in [-0.2, 0) is 11.3 Å².